The molecule has 3 rings (SSSR count). The van der Waals surface area contributed by atoms with E-state index in [1.165, 1.54) is 6.20 Å². The molecule has 0 spiro atoms. The molecule has 1 N–H and O–H groups in total. The summed E-state index contributed by atoms with van der Waals surface area (Å²) in [6, 6.07) is 9.16. The number of carbonyl (C=O) groups is 1. The van der Waals surface area contributed by atoms with Crippen LogP contribution in [0.15, 0.2) is 47.2 Å². The summed E-state index contributed by atoms with van der Waals surface area (Å²) in [4.78, 5) is 12.1. The molecule has 3 aromatic rings. The number of anilines is 1. The number of halogens is 1. The van der Waals surface area contributed by atoms with Gasteiger partial charge in [-0.3, -0.25) is 9.48 Å². The van der Waals surface area contributed by atoms with Crippen molar-refractivity contribution in [2.75, 3.05) is 5.32 Å². The fraction of sp³-hybridized carbons (Fsp3) is 0.133. The van der Waals surface area contributed by atoms with Crippen molar-refractivity contribution in [3.8, 4) is 0 Å². The molecule has 2 aromatic heterocycles. The maximum Gasteiger partial charge on any atom is 0.260 e. The van der Waals surface area contributed by atoms with Crippen molar-refractivity contribution in [3.63, 3.8) is 0 Å². The normalized spacial score (nSPS) is 10.6. The first-order valence-corrected chi connectivity index (χ1v) is 7.00. The van der Waals surface area contributed by atoms with Gasteiger partial charge in [-0.15, -0.1) is 0 Å². The van der Waals surface area contributed by atoms with Gasteiger partial charge < -0.3 is 9.84 Å². The van der Waals surface area contributed by atoms with E-state index in [4.69, 9.17) is 16.1 Å². The molecule has 6 nitrogen and oxygen atoms in total. The highest BCUT2D eigenvalue weighted by molar-refractivity contribution is 6.31. The molecule has 0 unspecified atom stereocenters. The molecule has 0 fully saturated rings. The van der Waals surface area contributed by atoms with Crippen LogP contribution >= 0.6 is 11.6 Å². The van der Waals surface area contributed by atoms with Crippen LogP contribution in [0.4, 0.5) is 5.82 Å². The molecule has 0 bridgehead atoms. The lowest BCUT2D eigenvalue weighted by Gasteiger charge is -2.03. The fourth-order valence-electron chi connectivity index (χ4n) is 1.98. The highest BCUT2D eigenvalue weighted by atomic mass is 35.5. The standard InChI is InChI=1S/C15H13ClN4O2/c1-10-6-14(19-22-10)18-15(21)12-7-17-20(9-12)8-11-4-2-3-5-13(11)16/h2-7,9H,8H2,1H3,(H,18,19,21). The van der Waals surface area contributed by atoms with Crippen LogP contribution in [0.2, 0.25) is 5.02 Å². The second kappa shape index (κ2) is 6.03. The van der Waals surface area contributed by atoms with E-state index in [0.29, 0.717) is 28.7 Å². The molecule has 0 saturated heterocycles. The number of nitrogens with one attached hydrogen (secondary N) is 1. The number of aromatic nitrogens is 3. The van der Waals surface area contributed by atoms with E-state index in [1.54, 1.807) is 23.9 Å². The third-order valence-electron chi connectivity index (χ3n) is 3.06. The summed E-state index contributed by atoms with van der Waals surface area (Å²) in [6.45, 7) is 2.25. The van der Waals surface area contributed by atoms with Crippen LogP contribution < -0.4 is 5.32 Å². The maximum atomic E-state index is 12.1. The van der Waals surface area contributed by atoms with Crippen LogP contribution in [-0.2, 0) is 6.54 Å². The van der Waals surface area contributed by atoms with E-state index in [0.717, 1.165) is 5.56 Å². The van der Waals surface area contributed by atoms with Crippen molar-refractivity contribution >= 4 is 23.3 Å². The Hall–Kier alpha value is -2.60. The highest BCUT2D eigenvalue weighted by Gasteiger charge is 2.11. The summed E-state index contributed by atoms with van der Waals surface area (Å²) in [5.74, 6) is 0.713. The Balaban J connectivity index is 1.70. The Kier molecular flexibility index (Phi) is 3.93. The average molecular weight is 317 g/mol. The van der Waals surface area contributed by atoms with Gasteiger partial charge in [0, 0.05) is 17.3 Å². The zero-order valence-electron chi connectivity index (χ0n) is 11.8. The summed E-state index contributed by atoms with van der Waals surface area (Å²) < 4.78 is 6.56. The molecule has 0 aliphatic heterocycles. The van der Waals surface area contributed by atoms with Gasteiger partial charge in [0.25, 0.3) is 5.91 Å². The Morgan fingerprint density at radius 2 is 2.23 bits per heavy atom. The minimum absolute atomic E-state index is 0.293. The highest BCUT2D eigenvalue weighted by Crippen LogP contribution is 2.16. The van der Waals surface area contributed by atoms with Crippen molar-refractivity contribution < 1.29 is 9.32 Å². The smallest absolute Gasteiger partial charge is 0.260 e. The molecule has 0 radical (unpaired) electrons. The van der Waals surface area contributed by atoms with Crippen LogP contribution in [0.1, 0.15) is 21.7 Å². The van der Waals surface area contributed by atoms with Crippen LogP contribution in [0.25, 0.3) is 0 Å². The molecule has 0 atom stereocenters. The summed E-state index contributed by atoms with van der Waals surface area (Å²) in [5, 5.41) is 11.2. The van der Waals surface area contributed by atoms with Crippen LogP contribution in [0.5, 0.6) is 0 Å². The summed E-state index contributed by atoms with van der Waals surface area (Å²) in [5.41, 5.74) is 1.37. The van der Waals surface area contributed by atoms with Gasteiger partial charge in [0.15, 0.2) is 5.82 Å². The van der Waals surface area contributed by atoms with E-state index >= 15 is 0 Å². The number of benzene rings is 1. The van der Waals surface area contributed by atoms with Gasteiger partial charge in [-0.05, 0) is 18.6 Å². The minimum atomic E-state index is -0.293. The van der Waals surface area contributed by atoms with Gasteiger partial charge in [0.1, 0.15) is 5.76 Å². The largest absolute Gasteiger partial charge is 0.360 e. The third-order valence-corrected chi connectivity index (χ3v) is 3.42. The van der Waals surface area contributed by atoms with Gasteiger partial charge in [0.05, 0.1) is 18.3 Å². The number of nitrogens with zero attached hydrogens (tertiary/aromatic N) is 3. The monoisotopic (exact) mass is 316 g/mol. The van der Waals surface area contributed by atoms with Crippen LogP contribution in [0, 0.1) is 6.92 Å². The van der Waals surface area contributed by atoms with Gasteiger partial charge in [0.2, 0.25) is 0 Å². The second-order valence-electron chi connectivity index (χ2n) is 4.79. The van der Waals surface area contributed by atoms with E-state index in [2.05, 4.69) is 15.6 Å². The molecular formula is C15H13ClN4O2. The fourth-order valence-corrected chi connectivity index (χ4v) is 2.18. The Morgan fingerprint density at radius 3 is 2.95 bits per heavy atom. The number of rotatable bonds is 4. The summed E-state index contributed by atoms with van der Waals surface area (Å²) in [7, 11) is 0. The number of carbonyl (C=O) groups excluding carboxylic acids is 1. The minimum Gasteiger partial charge on any atom is -0.360 e. The molecule has 1 amide bonds. The third kappa shape index (κ3) is 3.17. The lowest BCUT2D eigenvalue weighted by Crippen LogP contribution is -2.11. The number of aryl methyl sites for hydroxylation is 1. The Bertz CT molecular complexity index is 809. The maximum absolute atomic E-state index is 12.1. The Labute approximate surface area is 131 Å². The second-order valence-corrected chi connectivity index (χ2v) is 5.20. The zero-order valence-corrected chi connectivity index (χ0v) is 12.5. The quantitative estimate of drug-likeness (QED) is 0.802. The molecule has 1 aromatic carbocycles. The average Bonchev–Trinajstić information content (AvgIpc) is 3.11. The van der Waals surface area contributed by atoms with Crippen molar-refractivity contribution in [1.82, 2.24) is 14.9 Å². The van der Waals surface area contributed by atoms with Gasteiger partial charge in [-0.2, -0.15) is 5.10 Å². The van der Waals surface area contributed by atoms with Crippen molar-refractivity contribution in [3.05, 3.63) is 64.6 Å². The number of hydrogen-bond donors (Lipinski definition) is 1. The molecule has 7 heteroatoms. The number of amides is 1. The van der Waals surface area contributed by atoms with Crippen LogP contribution in [-0.4, -0.2) is 20.8 Å². The van der Waals surface area contributed by atoms with Gasteiger partial charge >= 0.3 is 0 Å². The SMILES string of the molecule is Cc1cc(NC(=O)c2cnn(Cc3ccccc3Cl)c2)no1. The predicted octanol–water partition coefficient (Wildman–Crippen LogP) is 3.13. The lowest BCUT2D eigenvalue weighted by atomic mass is 10.2. The van der Waals surface area contributed by atoms with E-state index < -0.39 is 0 Å². The molecule has 22 heavy (non-hydrogen) atoms. The molecule has 0 saturated carbocycles. The predicted molar refractivity (Wildman–Crippen MR) is 82.0 cm³/mol. The molecular weight excluding hydrogens is 304 g/mol. The molecule has 0 aliphatic rings. The molecule has 0 aliphatic carbocycles. The lowest BCUT2D eigenvalue weighted by molar-refractivity contribution is 0.102. The van der Waals surface area contributed by atoms with Gasteiger partial charge in [-0.1, -0.05) is 35.0 Å². The van der Waals surface area contributed by atoms with Crippen molar-refractivity contribution in [1.29, 1.82) is 0 Å². The summed E-state index contributed by atoms with van der Waals surface area (Å²) >= 11 is 6.11. The molecule has 112 valence electrons. The van der Waals surface area contributed by atoms with Crippen molar-refractivity contribution in [2.24, 2.45) is 0 Å². The van der Waals surface area contributed by atoms with Crippen LogP contribution in [0.3, 0.4) is 0 Å². The first kappa shape index (κ1) is 14.3. The Morgan fingerprint density at radius 1 is 1.41 bits per heavy atom. The molecule has 2 heterocycles. The van der Waals surface area contributed by atoms with E-state index in [1.807, 2.05) is 24.3 Å². The van der Waals surface area contributed by atoms with E-state index in [-0.39, 0.29) is 5.91 Å². The van der Waals surface area contributed by atoms with Crippen molar-refractivity contribution in [2.45, 2.75) is 13.5 Å². The summed E-state index contributed by atoms with van der Waals surface area (Å²) in [6.07, 6.45) is 3.16. The number of hydrogen-bond acceptors (Lipinski definition) is 4. The zero-order chi connectivity index (χ0) is 15.5. The first-order chi connectivity index (χ1) is 10.6. The van der Waals surface area contributed by atoms with Gasteiger partial charge in [-0.25, -0.2) is 0 Å². The van der Waals surface area contributed by atoms with E-state index in [9.17, 15) is 4.79 Å². The first-order valence-electron chi connectivity index (χ1n) is 6.62. The topological polar surface area (TPSA) is 73.0 Å².